The minimum Gasteiger partial charge on any atom is -0.489 e. The van der Waals surface area contributed by atoms with Crippen molar-refractivity contribution in [2.75, 3.05) is 5.32 Å². The molecule has 160 valence electrons. The van der Waals surface area contributed by atoms with Crippen LogP contribution in [0, 0.1) is 0 Å². The van der Waals surface area contributed by atoms with Crippen molar-refractivity contribution in [1.29, 1.82) is 0 Å². The van der Waals surface area contributed by atoms with Gasteiger partial charge in [0, 0.05) is 11.3 Å². The summed E-state index contributed by atoms with van der Waals surface area (Å²) in [6.07, 6.45) is 3.33. The molecule has 2 N–H and O–H groups in total. The lowest BCUT2D eigenvalue weighted by Crippen LogP contribution is -2.14. The molecule has 5 nitrogen and oxygen atoms in total. The molecule has 0 aliphatic rings. The molecule has 3 aromatic rings. The van der Waals surface area contributed by atoms with E-state index in [1.165, 1.54) is 18.4 Å². The second-order valence-corrected chi connectivity index (χ2v) is 7.41. The highest BCUT2D eigenvalue weighted by molar-refractivity contribution is 6.04. The number of ether oxygens (including phenoxy) is 1. The van der Waals surface area contributed by atoms with E-state index in [4.69, 9.17) is 9.84 Å². The zero-order valence-corrected chi connectivity index (χ0v) is 17.6. The Hall–Kier alpha value is -3.60. The summed E-state index contributed by atoms with van der Waals surface area (Å²) in [5, 5.41) is 11.8. The number of hydrogen-bond donors (Lipinski definition) is 2. The molecule has 0 unspecified atom stereocenters. The minimum absolute atomic E-state index is 0.150. The maximum absolute atomic E-state index is 12.6. The lowest BCUT2D eigenvalue weighted by atomic mass is 10.1. The number of nitrogens with one attached hydrogen (secondary N) is 1. The number of carboxylic acids is 1. The number of unbranched alkanes of at least 4 members (excludes halogenated alkanes) is 1. The summed E-state index contributed by atoms with van der Waals surface area (Å²) in [7, 11) is 0. The smallest absolute Gasteiger partial charge is 0.307 e. The molecule has 0 saturated carbocycles. The van der Waals surface area contributed by atoms with Gasteiger partial charge in [0.25, 0.3) is 5.91 Å². The molecular formula is C26H27NO4. The molecule has 5 heteroatoms. The fourth-order valence-electron chi connectivity index (χ4n) is 3.21. The SMILES string of the molecule is CCCCc1ccc(COc2ccc(C(=O)Nc3ccccc3CC(=O)O)cc2)cc1. The van der Waals surface area contributed by atoms with Crippen molar-refractivity contribution in [1.82, 2.24) is 0 Å². The molecule has 0 spiro atoms. The van der Waals surface area contributed by atoms with Crippen LogP contribution >= 0.6 is 0 Å². The Morgan fingerprint density at radius 2 is 1.58 bits per heavy atom. The van der Waals surface area contributed by atoms with Gasteiger partial charge < -0.3 is 15.2 Å². The molecule has 0 aliphatic heterocycles. The van der Waals surface area contributed by atoms with Crippen LogP contribution in [0.1, 0.15) is 46.8 Å². The van der Waals surface area contributed by atoms with Crippen LogP contribution in [-0.2, 0) is 24.2 Å². The molecule has 0 atom stereocenters. The summed E-state index contributed by atoms with van der Waals surface area (Å²) in [6, 6.07) is 22.2. The first-order valence-electron chi connectivity index (χ1n) is 10.5. The summed E-state index contributed by atoms with van der Waals surface area (Å²) in [5.74, 6) is -0.566. The quantitative estimate of drug-likeness (QED) is 0.457. The highest BCUT2D eigenvalue weighted by Gasteiger charge is 2.11. The van der Waals surface area contributed by atoms with Crippen LogP contribution in [0.2, 0.25) is 0 Å². The average molecular weight is 418 g/mol. The van der Waals surface area contributed by atoms with Crippen molar-refractivity contribution in [2.24, 2.45) is 0 Å². The van der Waals surface area contributed by atoms with Crippen LogP contribution in [0.25, 0.3) is 0 Å². The van der Waals surface area contributed by atoms with Crippen LogP contribution in [0.3, 0.4) is 0 Å². The van der Waals surface area contributed by atoms with Crippen molar-refractivity contribution in [3.05, 3.63) is 95.1 Å². The second-order valence-electron chi connectivity index (χ2n) is 7.41. The minimum atomic E-state index is -0.946. The van der Waals surface area contributed by atoms with Crippen molar-refractivity contribution in [2.45, 2.75) is 39.2 Å². The number of benzene rings is 3. The van der Waals surface area contributed by atoms with Gasteiger partial charge in [0.2, 0.25) is 0 Å². The predicted octanol–water partition coefficient (Wildman–Crippen LogP) is 5.49. The number of carboxylic acid groups (broad SMARTS) is 1. The molecule has 3 rings (SSSR count). The van der Waals surface area contributed by atoms with E-state index >= 15 is 0 Å². The van der Waals surface area contributed by atoms with Gasteiger partial charge in [-0.2, -0.15) is 0 Å². The van der Waals surface area contributed by atoms with E-state index in [0.29, 0.717) is 29.2 Å². The fraction of sp³-hybridized carbons (Fsp3) is 0.231. The third-order valence-corrected chi connectivity index (χ3v) is 4.97. The predicted molar refractivity (Wildman–Crippen MR) is 122 cm³/mol. The number of aliphatic carboxylic acids is 1. The first kappa shape index (κ1) is 22.1. The number of anilines is 1. The fourth-order valence-corrected chi connectivity index (χ4v) is 3.21. The number of para-hydroxylation sites is 1. The van der Waals surface area contributed by atoms with E-state index in [9.17, 15) is 9.59 Å². The van der Waals surface area contributed by atoms with Gasteiger partial charge in [-0.05, 0) is 59.9 Å². The van der Waals surface area contributed by atoms with Gasteiger partial charge in [0.05, 0.1) is 6.42 Å². The second kappa shape index (κ2) is 11.0. The maximum atomic E-state index is 12.6. The largest absolute Gasteiger partial charge is 0.489 e. The molecular weight excluding hydrogens is 390 g/mol. The van der Waals surface area contributed by atoms with Gasteiger partial charge >= 0.3 is 5.97 Å². The van der Waals surface area contributed by atoms with Gasteiger partial charge in [-0.1, -0.05) is 55.8 Å². The standard InChI is InChI=1S/C26H27NO4/c1-2-3-6-19-9-11-20(12-10-19)18-31-23-15-13-21(14-16-23)26(30)27-24-8-5-4-7-22(24)17-25(28)29/h4-5,7-16H,2-3,6,17-18H2,1H3,(H,27,30)(H,28,29). The summed E-state index contributed by atoms with van der Waals surface area (Å²) in [6.45, 7) is 2.65. The van der Waals surface area contributed by atoms with Gasteiger partial charge in [0.1, 0.15) is 12.4 Å². The van der Waals surface area contributed by atoms with Gasteiger partial charge in [-0.15, -0.1) is 0 Å². The van der Waals surface area contributed by atoms with Crippen LogP contribution < -0.4 is 10.1 Å². The lowest BCUT2D eigenvalue weighted by molar-refractivity contribution is -0.136. The van der Waals surface area contributed by atoms with Gasteiger partial charge in [0.15, 0.2) is 0 Å². The monoisotopic (exact) mass is 417 g/mol. The topological polar surface area (TPSA) is 75.6 Å². The van der Waals surface area contributed by atoms with Crippen molar-refractivity contribution < 1.29 is 19.4 Å². The van der Waals surface area contributed by atoms with Crippen LogP contribution in [0.15, 0.2) is 72.8 Å². The first-order valence-corrected chi connectivity index (χ1v) is 10.5. The first-order chi connectivity index (χ1) is 15.0. The zero-order chi connectivity index (χ0) is 22.1. The Kier molecular flexibility index (Phi) is 7.82. The van der Waals surface area contributed by atoms with Crippen molar-refractivity contribution in [3.63, 3.8) is 0 Å². The number of amides is 1. The van der Waals surface area contributed by atoms with E-state index in [1.54, 1.807) is 48.5 Å². The molecule has 0 fully saturated rings. The number of carbonyl (C=O) groups excluding carboxylic acids is 1. The van der Waals surface area contributed by atoms with E-state index in [2.05, 4.69) is 36.5 Å². The molecule has 0 heterocycles. The van der Waals surface area contributed by atoms with E-state index < -0.39 is 5.97 Å². The van der Waals surface area contributed by atoms with E-state index in [0.717, 1.165) is 12.0 Å². The number of aryl methyl sites for hydroxylation is 1. The maximum Gasteiger partial charge on any atom is 0.307 e. The van der Waals surface area contributed by atoms with Crippen LogP contribution in [0.4, 0.5) is 5.69 Å². The Bertz CT molecular complexity index is 1010. The Labute approximate surface area is 182 Å². The summed E-state index contributed by atoms with van der Waals surface area (Å²) in [5.41, 5.74) is 3.96. The molecule has 0 bridgehead atoms. The molecule has 31 heavy (non-hydrogen) atoms. The highest BCUT2D eigenvalue weighted by atomic mass is 16.5. The summed E-state index contributed by atoms with van der Waals surface area (Å²) in [4.78, 5) is 23.6. The molecule has 0 radical (unpaired) electrons. The highest BCUT2D eigenvalue weighted by Crippen LogP contribution is 2.19. The van der Waals surface area contributed by atoms with Gasteiger partial charge in [-0.25, -0.2) is 0 Å². The lowest BCUT2D eigenvalue weighted by Gasteiger charge is -2.11. The summed E-state index contributed by atoms with van der Waals surface area (Å²) < 4.78 is 5.83. The Morgan fingerprint density at radius 3 is 2.26 bits per heavy atom. The average Bonchev–Trinajstić information content (AvgIpc) is 2.78. The van der Waals surface area contributed by atoms with Crippen LogP contribution in [0.5, 0.6) is 5.75 Å². The Morgan fingerprint density at radius 1 is 0.903 bits per heavy atom. The zero-order valence-electron chi connectivity index (χ0n) is 17.6. The molecule has 1 amide bonds. The summed E-state index contributed by atoms with van der Waals surface area (Å²) >= 11 is 0. The van der Waals surface area contributed by atoms with Crippen LogP contribution in [-0.4, -0.2) is 17.0 Å². The van der Waals surface area contributed by atoms with Gasteiger partial charge in [-0.3, -0.25) is 9.59 Å². The number of carbonyl (C=O) groups is 2. The van der Waals surface area contributed by atoms with Crippen molar-refractivity contribution >= 4 is 17.6 Å². The number of rotatable bonds is 10. The third-order valence-electron chi connectivity index (χ3n) is 4.97. The van der Waals surface area contributed by atoms with Crippen molar-refractivity contribution in [3.8, 4) is 5.75 Å². The molecule has 0 saturated heterocycles. The molecule has 0 aliphatic carbocycles. The normalized spacial score (nSPS) is 10.5. The van der Waals surface area contributed by atoms with E-state index in [1.807, 2.05) is 0 Å². The molecule has 0 aromatic heterocycles. The third kappa shape index (κ3) is 6.71. The van der Waals surface area contributed by atoms with E-state index in [-0.39, 0.29) is 12.3 Å². The molecule has 3 aromatic carbocycles. The Balaban J connectivity index is 1.56. The number of hydrogen-bond acceptors (Lipinski definition) is 3.